The van der Waals surface area contributed by atoms with E-state index in [0.29, 0.717) is 18.6 Å². The first-order valence-electron chi connectivity index (χ1n) is 5.80. The molecule has 2 rings (SSSR count). The number of hydrogen-bond acceptors (Lipinski definition) is 2. The highest BCUT2D eigenvalue weighted by Gasteiger charge is 2.31. The number of hydrogen-bond donors (Lipinski definition) is 0. The molecule has 0 heterocycles. The van der Waals surface area contributed by atoms with E-state index in [2.05, 4.69) is 19.1 Å². The largest absolute Gasteiger partial charge is 0.497 e. The maximum Gasteiger partial charge on any atom is 0.132 e. The summed E-state index contributed by atoms with van der Waals surface area (Å²) in [6, 6.07) is 8.21. The molecule has 86 valence electrons. The van der Waals surface area contributed by atoms with Crippen molar-refractivity contribution in [2.75, 3.05) is 7.11 Å². The summed E-state index contributed by atoms with van der Waals surface area (Å²) in [5, 5.41) is 0. The van der Waals surface area contributed by atoms with Crippen LogP contribution < -0.4 is 4.74 Å². The van der Waals surface area contributed by atoms with Crippen molar-refractivity contribution in [2.45, 2.75) is 38.0 Å². The van der Waals surface area contributed by atoms with Crippen molar-refractivity contribution in [2.24, 2.45) is 0 Å². The third-order valence-corrected chi connectivity index (χ3v) is 3.68. The third kappa shape index (κ3) is 2.11. The van der Waals surface area contributed by atoms with Gasteiger partial charge in [0.05, 0.1) is 7.11 Å². The topological polar surface area (TPSA) is 26.3 Å². The first-order valence-corrected chi connectivity index (χ1v) is 5.80. The van der Waals surface area contributed by atoms with Gasteiger partial charge in [-0.25, -0.2) is 0 Å². The van der Waals surface area contributed by atoms with E-state index < -0.39 is 0 Å². The van der Waals surface area contributed by atoms with E-state index in [-0.39, 0.29) is 5.41 Å². The number of ketones is 1. The summed E-state index contributed by atoms with van der Waals surface area (Å²) in [6.07, 6.45) is 3.35. The summed E-state index contributed by atoms with van der Waals surface area (Å²) in [5.41, 5.74) is 1.43. The minimum Gasteiger partial charge on any atom is -0.497 e. The van der Waals surface area contributed by atoms with Crippen molar-refractivity contribution in [3.8, 4) is 5.75 Å². The summed E-state index contributed by atoms with van der Waals surface area (Å²) in [6.45, 7) is 2.24. The number of Topliss-reactive ketones (excluding diaryl/α,β-unsaturated/α-hetero) is 1. The second-order valence-electron chi connectivity index (χ2n) is 4.83. The van der Waals surface area contributed by atoms with Gasteiger partial charge in [0, 0.05) is 12.8 Å². The fourth-order valence-electron chi connectivity index (χ4n) is 2.37. The lowest BCUT2D eigenvalue weighted by Gasteiger charge is -2.33. The van der Waals surface area contributed by atoms with Crippen LogP contribution in [0.1, 0.15) is 38.2 Å². The van der Waals surface area contributed by atoms with Gasteiger partial charge in [-0.3, -0.25) is 4.79 Å². The van der Waals surface area contributed by atoms with Crippen LogP contribution in [0, 0.1) is 0 Å². The van der Waals surface area contributed by atoms with Crippen LogP contribution >= 0.6 is 0 Å². The van der Waals surface area contributed by atoms with E-state index in [1.54, 1.807) is 7.11 Å². The van der Waals surface area contributed by atoms with Crippen molar-refractivity contribution in [1.82, 2.24) is 0 Å². The van der Waals surface area contributed by atoms with E-state index in [1.165, 1.54) is 5.56 Å². The smallest absolute Gasteiger partial charge is 0.132 e. The maximum absolute atomic E-state index is 11.3. The Kier molecular flexibility index (Phi) is 2.99. The Bertz CT molecular complexity index is 385. The number of carbonyl (C=O) groups excluding carboxylic acids is 1. The minimum atomic E-state index is 0.141. The highest BCUT2D eigenvalue weighted by atomic mass is 16.5. The quantitative estimate of drug-likeness (QED) is 0.762. The van der Waals surface area contributed by atoms with Gasteiger partial charge in [0.15, 0.2) is 0 Å². The number of carbonyl (C=O) groups is 1. The molecule has 0 unspecified atom stereocenters. The Labute approximate surface area is 96.6 Å². The zero-order valence-electron chi connectivity index (χ0n) is 9.95. The molecule has 1 fully saturated rings. The van der Waals surface area contributed by atoms with E-state index >= 15 is 0 Å². The molecule has 16 heavy (non-hydrogen) atoms. The van der Waals surface area contributed by atoms with Gasteiger partial charge < -0.3 is 4.74 Å². The Balaban J connectivity index is 2.25. The highest BCUT2D eigenvalue weighted by molar-refractivity contribution is 5.79. The van der Waals surface area contributed by atoms with Gasteiger partial charge in [-0.2, -0.15) is 0 Å². The second kappa shape index (κ2) is 4.28. The lowest BCUT2D eigenvalue weighted by atomic mass is 9.70. The van der Waals surface area contributed by atoms with Crippen LogP contribution in [0.15, 0.2) is 24.3 Å². The monoisotopic (exact) mass is 218 g/mol. The average molecular weight is 218 g/mol. The van der Waals surface area contributed by atoms with Gasteiger partial charge in [-0.05, 0) is 36.0 Å². The maximum atomic E-state index is 11.3. The Morgan fingerprint density at radius 2 is 1.94 bits per heavy atom. The van der Waals surface area contributed by atoms with E-state index in [1.807, 2.05) is 12.1 Å². The third-order valence-electron chi connectivity index (χ3n) is 3.68. The van der Waals surface area contributed by atoms with Gasteiger partial charge in [0.2, 0.25) is 0 Å². The fraction of sp³-hybridized carbons (Fsp3) is 0.500. The molecule has 2 heteroatoms. The molecular formula is C14H18O2. The predicted octanol–water partition coefficient (Wildman–Crippen LogP) is 3.10. The number of rotatable bonds is 2. The molecule has 0 aromatic heterocycles. The normalized spacial score (nSPS) is 19.5. The molecule has 1 aliphatic rings. The van der Waals surface area contributed by atoms with Crippen molar-refractivity contribution in [3.63, 3.8) is 0 Å². The molecule has 0 amide bonds. The Hall–Kier alpha value is -1.31. The molecule has 0 atom stereocenters. The molecule has 0 N–H and O–H groups in total. The van der Waals surface area contributed by atoms with Crippen LogP contribution in [0.3, 0.4) is 0 Å². The van der Waals surface area contributed by atoms with Crippen LogP contribution in [0.4, 0.5) is 0 Å². The SMILES string of the molecule is COc1cccc(C2(C)CCC(=O)CC2)c1. The molecule has 2 nitrogen and oxygen atoms in total. The lowest BCUT2D eigenvalue weighted by molar-refractivity contribution is -0.121. The molecule has 0 aliphatic heterocycles. The van der Waals surface area contributed by atoms with E-state index in [0.717, 1.165) is 18.6 Å². The fourth-order valence-corrected chi connectivity index (χ4v) is 2.37. The Morgan fingerprint density at radius 3 is 2.56 bits per heavy atom. The predicted molar refractivity (Wildman–Crippen MR) is 63.8 cm³/mol. The number of benzene rings is 1. The average Bonchev–Trinajstić information content (AvgIpc) is 2.33. The van der Waals surface area contributed by atoms with Crippen LogP contribution in [-0.2, 0) is 10.2 Å². The first kappa shape index (κ1) is 11.2. The highest BCUT2D eigenvalue weighted by Crippen LogP contribution is 2.38. The summed E-state index contributed by atoms with van der Waals surface area (Å²) in [4.78, 5) is 11.3. The molecule has 0 saturated heterocycles. The molecule has 1 aliphatic carbocycles. The zero-order chi connectivity index (χ0) is 11.6. The Morgan fingerprint density at radius 1 is 1.25 bits per heavy atom. The first-order chi connectivity index (χ1) is 7.64. The van der Waals surface area contributed by atoms with Gasteiger partial charge in [-0.1, -0.05) is 19.1 Å². The summed E-state index contributed by atoms with van der Waals surface area (Å²) in [5.74, 6) is 1.30. The van der Waals surface area contributed by atoms with Gasteiger partial charge in [0.1, 0.15) is 11.5 Å². The van der Waals surface area contributed by atoms with Gasteiger partial charge >= 0.3 is 0 Å². The summed E-state index contributed by atoms with van der Waals surface area (Å²) < 4.78 is 5.24. The minimum absolute atomic E-state index is 0.141. The van der Waals surface area contributed by atoms with E-state index in [4.69, 9.17) is 4.74 Å². The molecule has 0 bridgehead atoms. The molecule has 1 aromatic carbocycles. The van der Waals surface area contributed by atoms with Crippen molar-refractivity contribution in [1.29, 1.82) is 0 Å². The van der Waals surface area contributed by atoms with Crippen molar-refractivity contribution >= 4 is 5.78 Å². The molecular weight excluding hydrogens is 200 g/mol. The molecule has 1 aromatic rings. The molecule has 0 radical (unpaired) electrons. The van der Waals surface area contributed by atoms with E-state index in [9.17, 15) is 4.79 Å². The summed E-state index contributed by atoms with van der Waals surface area (Å²) in [7, 11) is 1.69. The molecule has 0 spiro atoms. The summed E-state index contributed by atoms with van der Waals surface area (Å²) >= 11 is 0. The number of methoxy groups -OCH3 is 1. The van der Waals surface area contributed by atoms with Crippen molar-refractivity contribution in [3.05, 3.63) is 29.8 Å². The van der Waals surface area contributed by atoms with Crippen LogP contribution in [0.25, 0.3) is 0 Å². The number of ether oxygens (including phenoxy) is 1. The van der Waals surface area contributed by atoms with Crippen LogP contribution in [0.5, 0.6) is 5.75 Å². The van der Waals surface area contributed by atoms with Gasteiger partial charge in [0.25, 0.3) is 0 Å². The van der Waals surface area contributed by atoms with Crippen molar-refractivity contribution < 1.29 is 9.53 Å². The van der Waals surface area contributed by atoms with Crippen LogP contribution in [-0.4, -0.2) is 12.9 Å². The zero-order valence-corrected chi connectivity index (χ0v) is 9.95. The van der Waals surface area contributed by atoms with Gasteiger partial charge in [-0.15, -0.1) is 0 Å². The standard InChI is InChI=1S/C14H18O2/c1-14(8-6-12(15)7-9-14)11-4-3-5-13(10-11)16-2/h3-5,10H,6-9H2,1-2H3. The second-order valence-corrected chi connectivity index (χ2v) is 4.83. The lowest BCUT2D eigenvalue weighted by Crippen LogP contribution is -2.28. The van der Waals surface area contributed by atoms with Crippen LogP contribution in [0.2, 0.25) is 0 Å². The molecule has 1 saturated carbocycles.